The molecular formula is C12H12Cl2N4O. The number of nitrogens with zero attached hydrogens (tertiary/aromatic N) is 3. The van der Waals surface area contributed by atoms with Gasteiger partial charge in [0.25, 0.3) is 0 Å². The van der Waals surface area contributed by atoms with E-state index in [1.54, 1.807) is 0 Å². The van der Waals surface area contributed by atoms with E-state index in [1.807, 2.05) is 31.2 Å². The summed E-state index contributed by atoms with van der Waals surface area (Å²) in [5.41, 5.74) is 1.06. The smallest absolute Gasteiger partial charge is 0.322 e. The first-order valence-electron chi connectivity index (χ1n) is 5.56. The quantitative estimate of drug-likeness (QED) is 0.938. The lowest BCUT2D eigenvalue weighted by atomic mass is 10.1. The third kappa shape index (κ3) is 3.68. The monoisotopic (exact) mass is 298 g/mol. The van der Waals surface area contributed by atoms with E-state index in [4.69, 9.17) is 27.9 Å². The van der Waals surface area contributed by atoms with Gasteiger partial charge in [-0.05, 0) is 36.2 Å². The number of nitrogens with one attached hydrogen (secondary N) is 1. The normalized spacial score (nSPS) is 12.0. The van der Waals surface area contributed by atoms with Crippen LogP contribution in [-0.2, 0) is 0 Å². The van der Waals surface area contributed by atoms with E-state index in [-0.39, 0.29) is 17.3 Å². The van der Waals surface area contributed by atoms with E-state index in [0.29, 0.717) is 11.0 Å². The van der Waals surface area contributed by atoms with E-state index in [9.17, 15) is 0 Å². The van der Waals surface area contributed by atoms with E-state index >= 15 is 0 Å². The van der Waals surface area contributed by atoms with Crippen LogP contribution in [0.5, 0.6) is 6.01 Å². The first-order valence-corrected chi connectivity index (χ1v) is 6.31. The summed E-state index contributed by atoms with van der Waals surface area (Å²) >= 11 is 11.6. The Labute approximate surface area is 121 Å². The number of hydrogen-bond acceptors (Lipinski definition) is 5. The summed E-state index contributed by atoms with van der Waals surface area (Å²) in [5, 5.41) is 3.90. The van der Waals surface area contributed by atoms with Crippen molar-refractivity contribution in [2.75, 3.05) is 12.4 Å². The van der Waals surface area contributed by atoms with Crippen LogP contribution in [0.15, 0.2) is 24.3 Å². The van der Waals surface area contributed by atoms with Gasteiger partial charge in [0.2, 0.25) is 11.2 Å². The van der Waals surface area contributed by atoms with Gasteiger partial charge in [0, 0.05) is 5.02 Å². The minimum absolute atomic E-state index is 0.000407. The number of hydrogen-bond donors (Lipinski definition) is 1. The molecule has 0 aliphatic rings. The molecule has 0 aliphatic carbocycles. The third-order valence-corrected chi connectivity index (χ3v) is 2.91. The lowest BCUT2D eigenvalue weighted by molar-refractivity contribution is 0.378. The van der Waals surface area contributed by atoms with Gasteiger partial charge in [0.15, 0.2) is 0 Å². The second-order valence-corrected chi connectivity index (χ2v) is 4.61. The number of aromatic nitrogens is 3. The summed E-state index contributed by atoms with van der Waals surface area (Å²) in [7, 11) is 1.47. The van der Waals surface area contributed by atoms with Gasteiger partial charge in [-0.25, -0.2) is 0 Å². The fourth-order valence-electron chi connectivity index (χ4n) is 1.52. The molecule has 2 rings (SSSR count). The van der Waals surface area contributed by atoms with E-state index in [1.165, 1.54) is 7.11 Å². The summed E-state index contributed by atoms with van der Waals surface area (Å²) in [6.45, 7) is 1.98. The molecule has 5 nitrogen and oxygen atoms in total. The lowest BCUT2D eigenvalue weighted by Crippen LogP contribution is -2.10. The zero-order valence-corrected chi connectivity index (χ0v) is 11.9. The maximum Gasteiger partial charge on any atom is 0.322 e. The van der Waals surface area contributed by atoms with Crippen LogP contribution in [0, 0.1) is 0 Å². The maximum atomic E-state index is 5.85. The van der Waals surface area contributed by atoms with Crippen molar-refractivity contribution in [2.45, 2.75) is 13.0 Å². The Morgan fingerprint density at radius 2 is 1.79 bits per heavy atom. The van der Waals surface area contributed by atoms with Crippen LogP contribution in [0.4, 0.5) is 5.95 Å². The molecule has 1 heterocycles. The molecule has 19 heavy (non-hydrogen) atoms. The second-order valence-electron chi connectivity index (χ2n) is 3.83. The van der Waals surface area contributed by atoms with Crippen molar-refractivity contribution >= 4 is 29.2 Å². The molecule has 0 bridgehead atoms. The summed E-state index contributed by atoms with van der Waals surface area (Å²) in [6.07, 6.45) is 0. The van der Waals surface area contributed by atoms with Crippen molar-refractivity contribution in [3.63, 3.8) is 0 Å². The van der Waals surface area contributed by atoms with Crippen LogP contribution in [0.2, 0.25) is 10.3 Å². The van der Waals surface area contributed by atoms with Crippen molar-refractivity contribution in [1.29, 1.82) is 0 Å². The highest BCUT2D eigenvalue weighted by Gasteiger charge is 2.10. The van der Waals surface area contributed by atoms with E-state index in [0.717, 1.165) is 5.56 Å². The molecule has 1 atom stereocenters. The summed E-state index contributed by atoms with van der Waals surface area (Å²) in [6, 6.07) is 7.69. The number of benzene rings is 1. The molecule has 1 aromatic carbocycles. The molecule has 0 saturated heterocycles. The molecular weight excluding hydrogens is 287 g/mol. The third-order valence-electron chi connectivity index (χ3n) is 2.49. The lowest BCUT2D eigenvalue weighted by Gasteiger charge is -2.14. The van der Waals surface area contributed by atoms with Gasteiger partial charge in [0.1, 0.15) is 0 Å². The molecule has 0 amide bonds. The molecule has 0 radical (unpaired) electrons. The summed E-state index contributed by atoms with van der Waals surface area (Å²) < 4.78 is 4.93. The first-order chi connectivity index (χ1) is 9.08. The Hall–Kier alpha value is -1.59. The zero-order valence-electron chi connectivity index (χ0n) is 10.4. The summed E-state index contributed by atoms with van der Waals surface area (Å²) in [5.74, 6) is 0.360. The number of methoxy groups -OCH3 is 1. The average Bonchev–Trinajstić information content (AvgIpc) is 2.38. The standard InChI is InChI=1S/C12H12Cl2N4O/c1-7(8-3-5-9(13)6-4-8)15-11-16-10(14)17-12(18-11)19-2/h3-7H,1-2H3,(H,15,16,17,18). The molecule has 7 heteroatoms. The Bertz CT molecular complexity index is 562. The van der Waals surface area contributed by atoms with Crippen molar-refractivity contribution < 1.29 is 4.74 Å². The van der Waals surface area contributed by atoms with Gasteiger partial charge in [0.05, 0.1) is 13.2 Å². The van der Waals surface area contributed by atoms with E-state index in [2.05, 4.69) is 20.3 Å². The molecule has 1 aromatic heterocycles. The SMILES string of the molecule is COc1nc(Cl)nc(NC(C)c2ccc(Cl)cc2)n1. The fraction of sp³-hybridized carbons (Fsp3) is 0.250. The van der Waals surface area contributed by atoms with Gasteiger partial charge in [-0.3, -0.25) is 0 Å². The minimum Gasteiger partial charge on any atom is -0.467 e. The maximum absolute atomic E-state index is 5.85. The average molecular weight is 299 g/mol. The fourth-order valence-corrected chi connectivity index (χ4v) is 1.79. The molecule has 1 N–H and O–H groups in total. The Kier molecular flexibility index (Phi) is 4.39. The molecule has 0 saturated carbocycles. The number of ether oxygens (including phenoxy) is 1. The Morgan fingerprint density at radius 1 is 1.11 bits per heavy atom. The van der Waals surface area contributed by atoms with Crippen LogP contribution in [0.3, 0.4) is 0 Å². The molecule has 2 aromatic rings. The highest BCUT2D eigenvalue weighted by Crippen LogP contribution is 2.20. The van der Waals surface area contributed by atoms with Crippen LogP contribution in [-0.4, -0.2) is 22.1 Å². The largest absolute Gasteiger partial charge is 0.467 e. The predicted molar refractivity (Wildman–Crippen MR) is 74.9 cm³/mol. The zero-order chi connectivity index (χ0) is 13.8. The second kappa shape index (κ2) is 6.04. The van der Waals surface area contributed by atoms with Crippen molar-refractivity contribution in [1.82, 2.24) is 15.0 Å². The molecule has 0 aliphatic heterocycles. The highest BCUT2D eigenvalue weighted by molar-refractivity contribution is 6.30. The molecule has 0 fully saturated rings. The van der Waals surface area contributed by atoms with Gasteiger partial charge in [-0.1, -0.05) is 23.7 Å². The van der Waals surface area contributed by atoms with Gasteiger partial charge < -0.3 is 10.1 Å². The van der Waals surface area contributed by atoms with Crippen molar-refractivity contribution in [3.8, 4) is 6.01 Å². The molecule has 1 unspecified atom stereocenters. The van der Waals surface area contributed by atoms with Gasteiger partial charge >= 0.3 is 6.01 Å². The minimum atomic E-state index is 0.000407. The predicted octanol–water partition coefficient (Wildman–Crippen LogP) is 3.36. The summed E-state index contributed by atoms with van der Waals surface area (Å²) in [4.78, 5) is 11.9. The van der Waals surface area contributed by atoms with Crippen LogP contribution in [0.25, 0.3) is 0 Å². The Balaban J connectivity index is 2.16. The van der Waals surface area contributed by atoms with Crippen LogP contribution < -0.4 is 10.1 Å². The van der Waals surface area contributed by atoms with Crippen molar-refractivity contribution in [2.24, 2.45) is 0 Å². The molecule has 100 valence electrons. The van der Waals surface area contributed by atoms with Crippen LogP contribution >= 0.6 is 23.2 Å². The van der Waals surface area contributed by atoms with Gasteiger partial charge in [-0.15, -0.1) is 0 Å². The van der Waals surface area contributed by atoms with Crippen molar-refractivity contribution in [3.05, 3.63) is 40.1 Å². The highest BCUT2D eigenvalue weighted by atomic mass is 35.5. The molecule has 0 spiro atoms. The number of anilines is 1. The topological polar surface area (TPSA) is 59.9 Å². The first kappa shape index (κ1) is 13.8. The van der Waals surface area contributed by atoms with E-state index < -0.39 is 0 Å². The number of rotatable bonds is 4. The number of halogens is 2. The van der Waals surface area contributed by atoms with Gasteiger partial charge in [-0.2, -0.15) is 15.0 Å². The van der Waals surface area contributed by atoms with Crippen LogP contribution in [0.1, 0.15) is 18.5 Å². The Morgan fingerprint density at radius 3 is 2.42 bits per heavy atom.